The summed E-state index contributed by atoms with van der Waals surface area (Å²) >= 11 is 0. The Labute approximate surface area is 147 Å². The smallest absolute Gasteiger partial charge is 0.243 e. The second-order valence-electron chi connectivity index (χ2n) is 6.63. The summed E-state index contributed by atoms with van der Waals surface area (Å²) in [5.74, 6) is 1.42. The first kappa shape index (κ1) is 20.7. The summed E-state index contributed by atoms with van der Waals surface area (Å²) in [6.45, 7) is 6.78. The van der Waals surface area contributed by atoms with Crippen molar-refractivity contribution in [3.8, 4) is 0 Å². The molecule has 0 aliphatic heterocycles. The number of nitrogens with one attached hydrogen (secondary N) is 2. The zero-order valence-corrected chi connectivity index (χ0v) is 15.9. The summed E-state index contributed by atoms with van der Waals surface area (Å²) in [6.07, 6.45) is 7.58. The third kappa shape index (κ3) is 7.99. The molecule has 2 N–H and O–H groups in total. The fourth-order valence-electron chi connectivity index (χ4n) is 3.04. The van der Waals surface area contributed by atoms with Crippen LogP contribution in [0.2, 0.25) is 0 Å². The van der Waals surface area contributed by atoms with E-state index in [0.717, 1.165) is 32.5 Å². The number of nitrogens with zero attached hydrogens (tertiary/aromatic N) is 2. The number of likely N-dealkylation sites (N-methyl/N-ethyl adjacent to an activating group) is 1. The molecule has 6 nitrogen and oxygen atoms in total. The highest BCUT2D eigenvalue weighted by Crippen LogP contribution is 2.30. The van der Waals surface area contributed by atoms with Crippen LogP contribution in [0.3, 0.4) is 0 Å². The van der Waals surface area contributed by atoms with Gasteiger partial charge in [-0.3, -0.25) is 4.79 Å². The molecular formula is C18H36N4O2. The van der Waals surface area contributed by atoms with Crippen molar-refractivity contribution in [1.29, 1.82) is 0 Å². The van der Waals surface area contributed by atoms with E-state index in [-0.39, 0.29) is 12.5 Å². The molecule has 1 aliphatic rings. The largest absolute Gasteiger partial charge is 0.378 e. The van der Waals surface area contributed by atoms with Crippen LogP contribution in [0.5, 0.6) is 0 Å². The van der Waals surface area contributed by atoms with Gasteiger partial charge in [0.15, 0.2) is 5.96 Å². The van der Waals surface area contributed by atoms with Gasteiger partial charge in [0, 0.05) is 33.8 Å². The first-order chi connectivity index (χ1) is 11.6. The maximum Gasteiger partial charge on any atom is 0.243 e. The molecule has 1 fully saturated rings. The SMILES string of the molecule is CCCNC(=NCC(=O)N(C)C)NCCC(OCC)C1CCCC1. The second-order valence-corrected chi connectivity index (χ2v) is 6.63. The van der Waals surface area contributed by atoms with E-state index in [1.54, 1.807) is 19.0 Å². The Morgan fingerprint density at radius 1 is 1.21 bits per heavy atom. The molecule has 0 bridgehead atoms. The van der Waals surface area contributed by atoms with Gasteiger partial charge in [0.25, 0.3) is 0 Å². The van der Waals surface area contributed by atoms with Crippen LogP contribution in [0.1, 0.15) is 52.4 Å². The van der Waals surface area contributed by atoms with Crippen LogP contribution in [0.4, 0.5) is 0 Å². The van der Waals surface area contributed by atoms with Crippen molar-refractivity contribution >= 4 is 11.9 Å². The van der Waals surface area contributed by atoms with E-state index in [1.165, 1.54) is 25.7 Å². The standard InChI is InChI=1S/C18H36N4O2/c1-5-12-19-18(21-14-17(23)22(3)4)20-13-11-16(24-6-2)15-9-7-8-10-15/h15-16H,5-14H2,1-4H3,(H2,19,20,21). The van der Waals surface area contributed by atoms with E-state index < -0.39 is 0 Å². The number of carbonyl (C=O) groups excluding carboxylic acids is 1. The molecule has 1 aliphatic carbocycles. The normalized spacial score (nSPS) is 16.9. The summed E-state index contributed by atoms with van der Waals surface area (Å²) in [7, 11) is 3.50. The average Bonchev–Trinajstić information content (AvgIpc) is 3.09. The van der Waals surface area contributed by atoms with Crippen LogP contribution < -0.4 is 10.6 Å². The Morgan fingerprint density at radius 2 is 1.88 bits per heavy atom. The van der Waals surface area contributed by atoms with Gasteiger partial charge in [-0.1, -0.05) is 19.8 Å². The lowest BCUT2D eigenvalue weighted by atomic mass is 9.98. The van der Waals surface area contributed by atoms with Crippen LogP contribution >= 0.6 is 0 Å². The van der Waals surface area contributed by atoms with Gasteiger partial charge in [0.2, 0.25) is 5.91 Å². The molecular weight excluding hydrogens is 304 g/mol. The third-order valence-electron chi connectivity index (χ3n) is 4.44. The maximum absolute atomic E-state index is 11.7. The fraction of sp³-hybridized carbons (Fsp3) is 0.889. The highest BCUT2D eigenvalue weighted by Gasteiger charge is 2.25. The van der Waals surface area contributed by atoms with Crippen molar-refractivity contribution in [3.05, 3.63) is 0 Å². The third-order valence-corrected chi connectivity index (χ3v) is 4.44. The fourth-order valence-corrected chi connectivity index (χ4v) is 3.04. The van der Waals surface area contributed by atoms with E-state index in [1.807, 2.05) is 0 Å². The topological polar surface area (TPSA) is 66.0 Å². The van der Waals surface area contributed by atoms with Crippen LogP contribution in [0.25, 0.3) is 0 Å². The molecule has 1 unspecified atom stereocenters. The molecule has 0 aromatic carbocycles. The Kier molecular flexibility index (Phi) is 10.5. The molecule has 140 valence electrons. The zero-order valence-electron chi connectivity index (χ0n) is 15.9. The average molecular weight is 341 g/mol. The van der Waals surface area contributed by atoms with Gasteiger partial charge in [-0.15, -0.1) is 0 Å². The minimum atomic E-state index is 0.00532. The van der Waals surface area contributed by atoms with Crippen LogP contribution in [0.15, 0.2) is 4.99 Å². The van der Waals surface area contributed by atoms with Crippen molar-refractivity contribution < 1.29 is 9.53 Å². The number of amides is 1. The molecule has 1 rings (SSSR count). The van der Waals surface area contributed by atoms with Crippen LogP contribution in [-0.4, -0.2) is 63.2 Å². The number of ether oxygens (including phenoxy) is 1. The first-order valence-electron chi connectivity index (χ1n) is 9.42. The number of aliphatic imine (C=N–C) groups is 1. The Balaban J connectivity index is 2.46. The first-order valence-corrected chi connectivity index (χ1v) is 9.42. The number of guanidine groups is 1. The lowest BCUT2D eigenvalue weighted by molar-refractivity contribution is -0.127. The van der Waals surface area contributed by atoms with Crippen LogP contribution in [0, 0.1) is 5.92 Å². The number of hydrogen-bond donors (Lipinski definition) is 2. The molecule has 1 atom stereocenters. The van der Waals surface area contributed by atoms with Crippen molar-refractivity contribution in [3.63, 3.8) is 0 Å². The molecule has 0 heterocycles. The van der Waals surface area contributed by atoms with Gasteiger partial charge in [0.1, 0.15) is 6.54 Å². The molecule has 0 aromatic rings. The summed E-state index contributed by atoms with van der Waals surface area (Å²) < 4.78 is 5.96. The summed E-state index contributed by atoms with van der Waals surface area (Å²) in [5, 5.41) is 6.62. The second kappa shape index (κ2) is 12.1. The summed E-state index contributed by atoms with van der Waals surface area (Å²) in [4.78, 5) is 17.7. The number of carbonyl (C=O) groups is 1. The highest BCUT2D eigenvalue weighted by atomic mass is 16.5. The Morgan fingerprint density at radius 3 is 2.46 bits per heavy atom. The Hall–Kier alpha value is -1.30. The van der Waals surface area contributed by atoms with Crippen molar-refractivity contribution in [1.82, 2.24) is 15.5 Å². The minimum Gasteiger partial charge on any atom is -0.378 e. The molecule has 1 saturated carbocycles. The van der Waals surface area contributed by atoms with E-state index in [4.69, 9.17) is 4.74 Å². The molecule has 24 heavy (non-hydrogen) atoms. The van der Waals surface area contributed by atoms with Crippen molar-refractivity contribution in [2.45, 2.75) is 58.5 Å². The predicted octanol–water partition coefficient (Wildman–Crippen LogP) is 2.01. The van der Waals surface area contributed by atoms with E-state index in [2.05, 4.69) is 29.5 Å². The van der Waals surface area contributed by atoms with Crippen LogP contribution in [-0.2, 0) is 9.53 Å². The zero-order chi connectivity index (χ0) is 17.8. The quantitative estimate of drug-likeness (QED) is 0.472. The number of hydrogen-bond acceptors (Lipinski definition) is 3. The molecule has 0 spiro atoms. The molecule has 6 heteroatoms. The molecule has 0 saturated heterocycles. The van der Waals surface area contributed by atoms with Gasteiger partial charge < -0.3 is 20.3 Å². The van der Waals surface area contributed by atoms with Crippen molar-refractivity contribution in [2.24, 2.45) is 10.9 Å². The highest BCUT2D eigenvalue weighted by molar-refractivity contribution is 5.84. The Bertz CT molecular complexity index is 379. The predicted molar refractivity (Wildman–Crippen MR) is 99.3 cm³/mol. The molecule has 0 aromatic heterocycles. The van der Waals surface area contributed by atoms with Gasteiger partial charge in [0.05, 0.1) is 6.10 Å². The lowest BCUT2D eigenvalue weighted by Crippen LogP contribution is -2.40. The van der Waals surface area contributed by atoms with E-state index >= 15 is 0 Å². The van der Waals surface area contributed by atoms with Crippen molar-refractivity contribution in [2.75, 3.05) is 40.3 Å². The van der Waals surface area contributed by atoms with Gasteiger partial charge in [-0.2, -0.15) is 0 Å². The van der Waals surface area contributed by atoms with E-state index in [9.17, 15) is 4.79 Å². The summed E-state index contributed by atoms with van der Waals surface area (Å²) in [5.41, 5.74) is 0. The maximum atomic E-state index is 11.7. The van der Waals surface area contributed by atoms with Gasteiger partial charge >= 0.3 is 0 Å². The minimum absolute atomic E-state index is 0.00532. The molecule has 1 amide bonds. The van der Waals surface area contributed by atoms with Gasteiger partial charge in [-0.25, -0.2) is 4.99 Å². The lowest BCUT2D eigenvalue weighted by Gasteiger charge is -2.24. The number of rotatable bonds is 10. The monoisotopic (exact) mass is 340 g/mol. The molecule has 0 radical (unpaired) electrons. The summed E-state index contributed by atoms with van der Waals surface area (Å²) in [6, 6.07) is 0. The van der Waals surface area contributed by atoms with E-state index in [0.29, 0.717) is 18.0 Å². The van der Waals surface area contributed by atoms with Gasteiger partial charge in [-0.05, 0) is 38.5 Å².